The molecule has 1 aromatic heterocycles. The normalized spacial score (nSPS) is 19.7. The van der Waals surface area contributed by atoms with Gasteiger partial charge in [0.15, 0.2) is 6.10 Å². The van der Waals surface area contributed by atoms with Crippen molar-refractivity contribution in [1.29, 1.82) is 0 Å². The van der Waals surface area contributed by atoms with E-state index >= 15 is 0 Å². The van der Waals surface area contributed by atoms with E-state index in [1.54, 1.807) is 19.2 Å². The van der Waals surface area contributed by atoms with Gasteiger partial charge in [0.2, 0.25) is 0 Å². The van der Waals surface area contributed by atoms with Crippen molar-refractivity contribution in [3.63, 3.8) is 0 Å². The van der Waals surface area contributed by atoms with Gasteiger partial charge >= 0.3 is 7.12 Å². The second kappa shape index (κ2) is 6.12. The van der Waals surface area contributed by atoms with Crippen LogP contribution in [-0.2, 0) is 9.31 Å². The average molecular weight is 313 g/mol. The lowest BCUT2D eigenvalue weighted by molar-refractivity contribution is 0.00578. The molecule has 7 heteroatoms. The van der Waals surface area contributed by atoms with Crippen molar-refractivity contribution < 1.29 is 22.8 Å². The van der Waals surface area contributed by atoms with Crippen LogP contribution in [0.25, 0.3) is 0 Å². The van der Waals surface area contributed by atoms with Crippen LogP contribution in [0.1, 0.15) is 33.4 Å². The summed E-state index contributed by atoms with van der Waals surface area (Å²) in [5, 5.41) is 0. The van der Waals surface area contributed by atoms with Crippen LogP contribution < -0.4 is 10.2 Å². The lowest BCUT2D eigenvalue weighted by Gasteiger charge is -2.32. The first-order valence-electron chi connectivity index (χ1n) is 7.31. The average Bonchev–Trinajstić information content (AvgIpc) is 2.66. The van der Waals surface area contributed by atoms with E-state index in [4.69, 9.17) is 14.0 Å². The number of rotatable bonds is 5. The predicted octanol–water partition coefficient (Wildman–Crippen LogP) is 2.38. The number of halogens is 2. The maximum atomic E-state index is 12.6. The van der Waals surface area contributed by atoms with Gasteiger partial charge in [-0.25, -0.2) is 8.78 Å². The number of aryl methyl sites for hydroxylation is 1. The Hall–Kier alpha value is -1.21. The maximum Gasteiger partial charge on any atom is 0.496 e. The second-order valence-electron chi connectivity index (χ2n) is 6.49. The molecule has 1 aliphatic rings. The van der Waals surface area contributed by atoms with Gasteiger partial charge in [-0.2, -0.15) is 0 Å². The molecular formula is C15H22BF2NO3. The van der Waals surface area contributed by atoms with Crippen LogP contribution in [0.3, 0.4) is 0 Å². The zero-order chi connectivity index (χ0) is 16.5. The maximum absolute atomic E-state index is 12.6. The molecule has 2 heterocycles. The van der Waals surface area contributed by atoms with Gasteiger partial charge in [-0.15, -0.1) is 0 Å². The van der Waals surface area contributed by atoms with Crippen molar-refractivity contribution in [2.24, 2.45) is 0 Å². The smallest absolute Gasteiger partial charge is 0.483 e. The summed E-state index contributed by atoms with van der Waals surface area (Å²) in [6, 6.07) is 1.67. The van der Waals surface area contributed by atoms with Crippen LogP contribution in [0.5, 0.6) is 5.75 Å². The SMILES string of the molecule is Cc1ncc(B2OC(C)(C)C(C)(C)O2)cc1OC(CF)CF. The zero-order valence-electron chi connectivity index (χ0n) is 13.7. The molecule has 0 atom stereocenters. The number of ether oxygens (including phenoxy) is 1. The van der Waals surface area contributed by atoms with Crippen molar-refractivity contribution in [2.75, 3.05) is 13.3 Å². The van der Waals surface area contributed by atoms with Gasteiger partial charge in [-0.05, 0) is 40.7 Å². The fourth-order valence-corrected chi connectivity index (χ4v) is 2.04. The predicted molar refractivity (Wildman–Crippen MR) is 81.1 cm³/mol. The van der Waals surface area contributed by atoms with E-state index in [-0.39, 0.29) is 0 Å². The molecule has 1 aliphatic heterocycles. The van der Waals surface area contributed by atoms with E-state index in [2.05, 4.69) is 4.98 Å². The monoisotopic (exact) mass is 313 g/mol. The summed E-state index contributed by atoms with van der Waals surface area (Å²) >= 11 is 0. The topological polar surface area (TPSA) is 40.6 Å². The highest BCUT2D eigenvalue weighted by atomic mass is 19.1. The lowest BCUT2D eigenvalue weighted by atomic mass is 9.80. The number of pyridine rings is 1. The minimum Gasteiger partial charge on any atom is -0.483 e. The molecule has 2 rings (SSSR count). The Bertz CT molecular complexity index is 520. The molecule has 0 aliphatic carbocycles. The highest BCUT2D eigenvalue weighted by Gasteiger charge is 2.51. The Morgan fingerprint density at radius 3 is 2.23 bits per heavy atom. The fourth-order valence-electron chi connectivity index (χ4n) is 2.04. The third kappa shape index (κ3) is 3.25. The Morgan fingerprint density at radius 2 is 1.73 bits per heavy atom. The molecule has 1 saturated heterocycles. The van der Waals surface area contributed by atoms with Crippen molar-refractivity contribution in [1.82, 2.24) is 4.98 Å². The summed E-state index contributed by atoms with van der Waals surface area (Å²) in [6.07, 6.45) is 0.513. The summed E-state index contributed by atoms with van der Waals surface area (Å²) in [5.41, 5.74) is 0.288. The molecule has 0 saturated carbocycles. The number of hydrogen-bond donors (Lipinski definition) is 0. The third-order valence-corrected chi connectivity index (χ3v) is 4.22. The van der Waals surface area contributed by atoms with E-state index in [1.165, 1.54) is 0 Å². The Labute approximate surface area is 130 Å². The van der Waals surface area contributed by atoms with Crippen LogP contribution in [0.2, 0.25) is 0 Å². The molecule has 0 N–H and O–H groups in total. The Balaban J connectivity index is 2.23. The number of nitrogens with zero attached hydrogens (tertiary/aromatic N) is 1. The highest BCUT2D eigenvalue weighted by molar-refractivity contribution is 6.62. The van der Waals surface area contributed by atoms with E-state index < -0.39 is 37.8 Å². The van der Waals surface area contributed by atoms with Gasteiger partial charge in [0.25, 0.3) is 0 Å². The second-order valence-corrected chi connectivity index (χ2v) is 6.49. The van der Waals surface area contributed by atoms with E-state index in [0.717, 1.165) is 0 Å². The molecule has 1 fully saturated rings. The van der Waals surface area contributed by atoms with Gasteiger partial charge in [0.1, 0.15) is 19.1 Å². The van der Waals surface area contributed by atoms with Crippen molar-refractivity contribution >= 4 is 12.6 Å². The third-order valence-electron chi connectivity index (χ3n) is 4.22. The molecule has 0 aromatic carbocycles. The summed E-state index contributed by atoms with van der Waals surface area (Å²) in [4.78, 5) is 4.21. The minimum absolute atomic E-state index is 0.340. The number of alkyl halides is 2. The van der Waals surface area contributed by atoms with Crippen molar-refractivity contribution in [3.05, 3.63) is 18.0 Å². The van der Waals surface area contributed by atoms with Crippen LogP contribution >= 0.6 is 0 Å². The van der Waals surface area contributed by atoms with E-state index in [0.29, 0.717) is 16.9 Å². The largest absolute Gasteiger partial charge is 0.496 e. The molecule has 0 bridgehead atoms. The lowest BCUT2D eigenvalue weighted by Crippen LogP contribution is -2.41. The molecule has 22 heavy (non-hydrogen) atoms. The summed E-state index contributed by atoms with van der Waals surface area (Å²) in [7, 11) is -0.588. The summed E-state index contributed by atoms with van der Waals surface area (Å²) in [6.45, 7) is 7.75. The Kier molecular flexibility index (Phi) is 4.77. The number of aromatic nitrogens is 1. The highest BCUT2D eigenvalue weighted by Crippen LogP contribution is 2.36. The molecule has 0 amide bonds. The van der Waals surface area contributed by atoms with Gasteiger partial charge in [-0.3, -0.25) is 4.98 Å². The first kappa shape index (κ1) is 17.2. The first-order chi connectivity index (χ1) is 10.2. The molecular weight excluding hydrogens is 291 g/mol. The summed E-state index contributed by atoms with van der Waals surface area (Å²) < 4.78 is 42.5. The molecule has 0 spiro atoms. The molecule has 0 radical (unpaired) electrons. The van der Waals surface area contributed by atoms with Crippen LogP contribution in [-0.4, -0.2) is 42.8 Å². The minimum atomic E-state index is -1.12. The van der Waals surface area contributed by atoms with Crippen LogP contribution in [0.15, 0.2) is 12.3 Å². The van der Waals surface area contributed by atoms with Crippen LogP contribution in [0.4, 0.5) is 8.78 Å². The van der Waals surface area contributed by atoms with Gasteiger partial charge in [-0.1, -0.05) is 0 Å². The molecule has 4 nitrogen and oxygen atoms in total. The fraction of sp³-hybridized carbons (Fsp3) is 0.667. The van der Waals surface area contributed by atoms with E-state index in [1.807, 2.05) is 27.7 Å². The summed E-state index contributed by atoms with van der Waals surface area (Å²) in [5.74, 6) is 0.340. The van der Waals surface area contributed by atoms with E-state index in [9.17, 15) is 8.78 Å². The van der Waals surface area contributed by atoms with Crippen molar-refractivity contribution in [2.45, 2.75) is 51.9 Å². The Morgan fingerprint density at radius 1 is 1.18 bits per heavy atom. The van der Waals surface area contributed by atoms with Gasteiger partial charge in [0, 0.05) is 11.7 Å². The first-order valence-corrected chi connectivity index (χ1v) is 7.31. The molecule has 1 aromatic rings. The molecule has 0 unspecified atom stereocenters. The van der Waals surface area contributed by atoms with Gasteiger partial charge in [0.05, 0.1) is 16.9 Å². The quantitative estimate of drug-likeness (QED) is 0.783. The molecule has 122 valence electrons. The van der Waals surface area contributed by atoms with Crippen LogP contribution in [0, 0.1) is 6.92 Å². The van der Waals surface area contributed by atoms with Gasteiger partial charge < -0.3 is 14.0 Å². The van der Waals surface area contributed by atoms with Crippen molar-refractivity contribution in [3.8, 4) is 5.75 Å². The standard InChI is InChI=1S/C15H22BF2NO3/c1-10-13(20-12(7-17)8-18)6-11(9-19-10)16-21-14(2,3)15(4,5)22-16/h6,9,12H,7-8H2,1-5H3. The zero-order valence-corrected chi connectivity index (χ0v) is 13.7. The number of hydrogen-bond acceptors (Lipinski definition) is 4.